The third-order valence-electron chi connectivity index (χ3n) is 2.71. The standard InChI is InChI=1S/C15H20O4/c1-3-5-6-7-8-12-11-13(19-15(12)17)9-10-14(16)18-4-2/h3,5-7,9-10,12-13H,4,8,11H2,1-2H3/b5-3+,7-6-,10-9+/t12-,13+/m0/s1. The van der Waals surface area contributed by atoms with Crippen molar-refractivity contribution in [1.82, 2.24) is 0 Å². The van der Waals surface area contributed by atoms with Crippen LogP contribution in [0.15, 0.2) is 36.5 Å². The van der Waals surface area contributed by atoms with E-state index >= 15 is 0 Å². The minimum Gasteiger partial charge on any atom is -0.463 e. The maximum Gasteiger partial charge on any atom is 0.330 e. The number of rotatable bonds is 6. The molecule has 0 amide bonds. The third kappa shape index (κ3) is 5.55. The van der Waals surface area contributed by atoms with Gasteiger partial charge in [0, 0.05) is 12.5 Å². The van der Waals surface area contributed by atoms with Gasteiger partial charge in [-0.2, -0.15) is 0 Å². The molecule has 1 aliphatic heterocycles. The van der Waals surface area contributed by atoms with Crippen molar-refractivity contribution in [2.24, 2.45) is 5.92 Å². The molecule has 0 radical (unpaired) electrons. The zero-order valence-corrected chi connectivity index (χ0v) is 11.4. The van der Waals surface area contributed by atoms with Crippen molar-refractivity contribution in [3.63, 3.8) is 0 Å². The molecule has 19 heavy (non-hydrogen) atoms. The molecule has 0 saturated carbocycles. The Morgan fingerprint density at radius 3 is 2.95 bits per heavy atom. The Morgan fingerprint density at radius 1 is 1.47 bits per heavy atom. The van der Waals surface area contributed by atoms with Gasteiger partial charge in [-0.05, 0) is 26.3 Å². The van der Waals surface area contributed by atoms with Gasteiger partial charge < -0.3 is 9.47 Å². The van der Waals surface area contributed by atoms with Gasteiger partial charge in [0.15, 0.2) is 0 Å². The lowest BCUT2D eigenvalue weighted by atomic mass is 10.0. The van der Waals surface area contributed by atoms with Gasteiger partial charge in [-0.25, -0.2) is 4.79 Å². The second-order valence-electron chi connectivity index (χ2n) is 4.21. The van der Waals surface area contributed by atoms with Gasteiger partial charge in [0.2, 0.25) is 0 Å². The topological polar surface area (TPSA) is 52.6 Å². The lowest BCUT2D eigenvalue weighted by Gasteiger charge is -2.01. The predicted molar refractivity (Wildman–Crippen MR) is 72.3 cm³/mol. The summed E-state index contributed by atoms with van der Waals surface area (Å²) in [4.78, 5) is 22.7. The number of hydrogen-bond donors (Lipinski definition) is 0. The van der Waals surface area contributed by atoms with Crippen molar-refractivity contribution in [3.8, 4) is 0 Å². The van der Waals surface area contributed by atoms with Crippen LogP contribution in [0.1, 0.15) is 26.7 Å². The normalized spacial score (nSPS) is 23.6. The van der Waals surface area contributed by atoms with E-state index in [1.807, 2.05) is 31.2 Å². The number of hydrogen-bond acceptors (Lipinski definition) is 4. The van der Waals surface area contributed by atoms with Crippen LogP contribution in [-0.4, -0.2) is 24.6 Å². The predicted octanol–water partition coefficient (Wildman–Crippen LogP) is 2.56. The fraction of sp³-hybridized carbons (Fsp3) is 0.467. The number of allylic oxidation sites excluding steroid dienone is 4. The zero-order valence-electron chi connectivity index (χ0n) is 11.4. The molecule has 1 fully saturated rings. The molecule has 4 heteroatoms. The van der Waals surface area contributed by atoms with E-state index in [-0.39, 0.29) is 18.0 Å². The van der Waals surface area contributed by atoms with Gasteiger partial charge >= 0.3 is 11.9 Å². The quantitative estimate of drug-likeness (QED) is 0.420. The van der Waals surface area contributed by atoms with Crippen LogP contribution in [-0.2, 0) is 19.1 Å². The van der Waals surface area contributed by atoms with E-state index in [0.29, 0.717) is 19.4 Å². The highest BCUT2D eigenvalue weighted by molar-refractivity contribution is 5.82. The van der Waals surface area contributed by atoms with Crippen LogP contribution in [0.5, 0.6) is 0 Å². The van der Waals surface area contributed by atoms with E-state index < -0.39 is 5.97 Å². The van der Waals surface area contributed by atoms with Crippen molar-refractivity contribution in [2.75, 3.05) is 6.61 Å². The Kier molecular flexibility index (Phi) is 6.64. The average molecular weight is 264 g/mol. The number of carbonyl (C=O) groups excluding carboxylic acids is 2. The fourth-order valence-electron chi connectivity index (χ4n) is 1.79. The molecule has 0 unspecified atom stereocenters. The van der Waals surface area contributed by atoms with Gasteiger partial charge in [0.05, 0.1) is 12.5 Å². The summed E-state index contributed by atoms with van der Waals surface area (Å²) in [6.45, 7) is 4.02. The second-order valence-corrected chi connectivity index (χ2v) is 4.21. The molecule has 0 aromatic carbocycles. The minimum atomic E-state index is -0.407. The first kappa shape index (κ1) is 15.2. The van der Waals surface area contributed by atoms with Crippen molar-refractivity contribution in [1.29, 1.82) is 0 Å². The van der Waals surface area contributed by atoms with E-state index in [4.69, 9.17) is 9.47 Å². The fourth-order valence-corrected chi connectivity index (χ4v) is 1.79. The molecule has 2 atom stereocenters. The molecule has 1 saturated heterocycles. The van der Waals surface area contributed by atoms with E-state index in [1.165, 1.54) is 6.08 Å². The molecule has 0 N–H and O–H groups in total. The number of esters is 2. The van der Waals surface area contributed by atoms with E-state index in [9.17, 15) is 9.59 Å². The number of cyclic esters (lactones) is 1. The Labute approximate surface area is 113 Å². The summed E-state index contributed by atoms with van der Waals surface area (Å²) in [5.74, 6) is -0.739. The minimum absolute atomic E-state index is 0.127. The molecule has 104 valence electrons. The highest BCUT2D eigenvalue weighted by Gasteiger charge is 2.31. The Balaban J connectivity index is 2.41. The van der Waals surface area contributed by atoms with Crippen molar-refractivity contribution < 1.29 is 19.1 Å². The number of ether oxygens (including phenoxy) is 2. The molecule has 0 spiro atoms. The Hall–Kier alpha value is -1.84. The van der Waals surface area contributed by atoms with E-state index in [1.54, 1.807) is 13.0 Å². The average Bonchev–Trinajstić information content (AvgIpc) is 2.73. The summed E-state index contributed by atoms with van der Waals surface area (Å²) >= 11 is 0. The highest BCUT2D eigenvalue weighted by atomic mass is 16.6. The molecule has 0 aromatic heterocycles. The summed E-state index contributed by atoms with van der Waals surface area (Å²) < 4.78 is 9.94. The summed E-state index contributed by atoms with van der Waals surface area (Å²) in [7, 11) is 0. The Morgan fingerprint density at radius 2 is 2.26 bits per heavy atom. The molecule has 0 aliphatic carbocycles. The monoisotopic (exact) mass is 264 g/mol. The van der Waals surface area contributed by atoms with Gasteiger partial charge in [-0.15, -0.1) is 0 Å². The Bertz CT molecular complexity index is 393. The van der Waals surface area contributed by atoms with E-state index in [2.05, 4.69) is 0 Å². The van der Waals surface area contributed by atoms with Gasteiger partial charge in [-0.1, -0.05) is 24.3 Å². The van der Waals surface area contributed by atoms with Gasteiger partial charge in [0.25, 0.3) is 0 Å². The molecule has 1 rings (SSSR count). The second kappa shape index (κ2) is 8.29. The van der Waals surface area contributed by atoms with Crippen molar-refractivity contribution in [2.45, 2.75) is 32.8 Å². The van der Waals surface area contributed by atoms with Gasteiger partial charge in [-0.3, -0.25) is 4.79 Å². The molecule has 0 bridgehead atoms. The maximum absolute atomic E-state index is 11.6. The molecule has 4 nitrogen and oxygen atoms in total. The molecule has 0 aromatic rings. The lowest BCUT2D eigenvalue weighted by Crippen LogP contribution is -2.06. The molecular formula is C15H20O4. The van der Waals surface area contributed by atoms with E-state index in [0.717, 1.165) is 0 Å². The van der Waals surface area contributed by atoms with Crippen LogP contribution >= 0.6 is 0 Å². The number of carbonyl (C=O) groups is 2. The summed E-state index contributed by atoms with van der Waals surface area (Å²) in [5, 5.41) is 0. The first-order valence-electron chi connectivity index (χ1n) is 6.50. The zero-order chi connectivity index (χ0) is 14.1. The van der Waals surface area contributed by atoms with Crippen LogP contribution in [0, 0.1) is 5.92 Å². The van der Waals surface area contributed by atoms with Crippen LogP contribution < -0.4 is 0 Å². The third-order valence-corrected chi connectivity index (χ3v) is 2.71. The summed E-state index contributed by atoms with van der Waals surface area (Å²) in [6.07, 6.45) is 11.6. The molecule has 1 aliphatic rings. The first-order valence-corrected chi connectivity index (χ1v) is 6.50. The summed E-state index contributed by atoms with van der Waals surface area (Å²) in [6, 6.07) is 0. The lowest BCUT2D eigenvalue weighted by molar-refractivity contribution is -0.143. The van der Waals surface area contributed by atoms with Gasteiger partial charge in [0.1, 0.15) is 6.10 Å². The van der Waals surface area contributed by atoms with Crippen LogP contribution in [0.2, 0.25) is 0 Å². The molecular weight excluding hydrogens is 244 g/mol. The maximum atomic E-state index is 11.6. The smallest absolute Gasteiger partial charge is 0.330 e. The van der Waals surface area contributed by atoms with Crippen molar-refractivity contribution >= 4 is 11.9 Å². The van der Waals surface area contributed by atoms with Crippen LogP contribution in [0.4, 0.5) is 0 Å². The largest absolute Gasteiger partial charge is 0.463 e. The van der Waals surface area contributed by atoms with Crippen LogP contribution in [0.25, 0.3) is 0 Å². The van der Waals surface area contributed by atoms with Crippen LogP contribution in [0.3, 0.4) is 0 Å². The first-order chi connectivity index (χ1) is 9.17. The SMILES string of the molecule is C/C=C/C=C\C[C@H]1C[C@@H](/C=C/C(=O)OCC)OC1=O. The van der Waals surface area contributed by atoms with Crippen molar-refractivity contribution in [3.05, 3.63) is 36.5 Å². The molecule has 1 heterocycles. The highest BCUT2D eigenvalue weighted by Crippen LogP contribution is 2.25. The summed E-state index contributed by atoms with van der Waals surface area (Å²) in [5.41, 5.74) is 0.